The number of carbonyl (C=O) groups is 1. The predicted octanol–water partition coefficient (Wildman–Crippen LogP) is 5.29. The van der Waals surface area contributed by atoms with E-state index in [2.05, 4.69) is 13.5 Å². The van der Waals surface area contributed by atoms with Gasteiger partial charge in [-0.1, -0.05) is 83.8 Å². The first-order chi connectivity index (χ1) is 9.68. The number of allylic oxidation sites excluding steroid dienone is 2. The molecule has 2 heteroatoms. The monoisotopic (exact) mass is 279 g/mol. The Kier molecular flexibility index (Phi) is 13.6. The Bertz CT molecular complexity index is 281. The normalized spacial score (nSPS) is 11.1. The standard InChI is InChI=1S/C18H33NO/c1-3-4-5-6-7-8-9-10-11-12-13-14-15-16-18(20)17(2)19/h15-16H,2-14,19H2,1H3. The lowest BCUT2D eigenvalue weighted by Gasteiger charge is -2.01. The maximum Gasteiger partial charge on any atom is 0.200 e. The quantitative estimate of drug-likeness (QED) is 0.347. The van der Waals surface area contributed by atoms with Crippen LogP contribution >= 0.6 is 0 Å². The van der Waals surface area contributed by atoms with Gasteiger partial charge in [0.2, 0.25) is 5.78 Å². The molecule has 0 saturated carbocycles. The van der Waals surface area contributed by atoms with Crippen LogP contribution in [0.4, 0.5) is 0 Å². The first-order valence-electron chi connectivity index (χ1n) is 8.33. The second kappa shape index (κ2) is 14.4. The van der Waals surface area contributed by atoms with E-state index in [-0.39, 0.29) is 11.5 Å². The number of hydrogen-bond acceptors (Lipinski definition) is 2. The van der Waals surface area contributed by atoms with Gasteiger partial charge in [-0.15, -0.1) is 0 Å². The van der Waals surface area contributed by atoms with Crippen LogP contribution in [-0.2, 0) is 4.79 Å². The van der Waals surface area contributed by atoms with Gasteiger partial charge < -0.3 is 5.73 Å². The van der Waals surface area contributed by atoms with Crippen molar-refractivity contribution in [2.75, 3.05) is 0 Å². The van der Waals surface area contributed by atoms with Crippen LogP contribution in [0.5, 0.6) is 0 Å². The van der Waals surface area contributed by atoms with E-state index in [1.807, 2.05) is 6.08 Å². The van der Waals surface area contributed by atoms with Gasteiger partial charge >= 0.3 is 0 Å². The molecule has 0 saturated heterocycles. The number of hydrogen-bond donors (Lipinski definition) is 1. The topological polar surface area (TPSA) is 43.1 Å². The molecule has 0 fully saturated rings. The molecule has 0 rings (SSSR count). The van der Waals surface area contributed by atoms with Crippen molar-refractivity contribution in [1.29, 1.82) is 0 Å². The molecular formula is C18H33NO. The van der Waals surface area contributed by atoms with Gasteiger partial charge in [0.25, 0.3) is 0 Å². The van der Waals surface area contributed by atoms with Crippen LogP contribution in [-0.4, -0.2) is 5.78 Å². The van der Waals surface area contributed by atoms with Crippen molar-refractivity contribution < 1.29 is 4.79 Å². The predicted molar refractivity (Wildman–Crippen MR) is 88.6 cm³/mol. The van der Waals surface area contributed by atoms with Gasteiger partial charge in [0.1, 0.15) is 0 Å². The third-order valence-electron chi connectivity index (χ3n) is 3.56. The molecule has 0 aromatic carbocycles. The lowest BCUT2D eigenvalue weighted by Crippen LogP contribution is -2.05. The zero-order valence-corrected chi connectivity index (χ0v) is 13.3. The highest BCUT2D eigenvalue weighted by Crippen LogP contribution is 2.11. The van der Waals surface area contributed by atoms with E-state index in [1.165, 1.54) is 64.2 Å². The summed E-state index contributed by atoms with van der Waals surface area (Å²) >= 11 is 0. The maximum absolute atomic E-state index is 11.1. The molecule has 0 aliphatic carbocycles. The fourth-order valence-corrected chi connectivity index (χ4v) is 2.22. The first kappa shape index (κ1) is 18.9. The van der Waals surface area contributed by atoms with Crippen molar-refractivity contribution in [1.82, 2.24) is 0 Å². The van der Waals surface area contributed by atoms with Crippen LogP contribution in [0.2, 0.25) is 0 Å². The van der Waals surface area contributed by atoms with Crippen molar-refractivity contribution in [2.24, 2.45) is 5.73 Å². The number of ketones is 1. The zero-order chi connectivity index (χ0) is 15.1. The van der Waals surface area contributed by atoms with Gasteiger partial charge in [-0.3, -0.25) is 4.79 Å². The van der Waals surface area contributed by atoms with Gasteiger partial charge in [-0.2, -0.15) is 0 Å². The molecule has 2 nitrogen and oxygen atoms in total. The second-order valence-corrected chi connectivity index (χ2v) is 5.62. The molecule has 0 aromatic heterocycles. The van der Waals surface area contributed by atoms with E-state index in [9.17, 15) is 4.79 Å². The molecule has 0 aliphatic heterocycles. The molecule has 20 heavy (non-hydrogen) atoms. The summed E-state index contributed by atoms with van der Waals surface area (Å²) in [4.78, 5) is 11.1. The van der Waals surface area contributed by atoms with Gasteiger partial charge in [0.05, 0.1) is 5.70 Å². The Morgan fingerprint density at radius 3 is 1.80 bits per heavy atom. The highest BCUT2D eigenvalue weighted by molar-refractivity contribution is 6.02. The Morgan fingerprint density at radius 1 is 0.900 bits per heavy atom. The highest BCUT2D eigenvalue weighted by atomic mass is 16.1. The highest BCUT2D eigenvalue weighted by Gasteiger charge is 1.95. The second-order valence-electron chi connectivity index (χ2n) is 5.62. The van der Waals surface area contributed by atoms with Crippen LogP contribution < -0.4 is 5.73 Å². The summed E-state index contributed by atoms with van der Waals surface area (Å²) in [5.41, 5.74) is 5.41. The van der Waals surface area contributed by atoms with E-state index in [0.717, 1.165) is 12.8 Å². The third kappa shape index (κ3) is 13.4. The molecule has 0 unspecified atom stereocenters. The van der Waals surface area contributed by atoms with Crippen molar-refractivity contribution in [3.8, 4) is 0 Å². The first-order valence-corrected chi connectivity index (χ1v) is 8.33. The van der Waals surface area contributed by atoms with Crippen LogP contribution in [0, 0.1) is 0 Å². The molecule has 0 spiro atoms. The minimum Gasteiger partial charge on any atom is -0.396 e. The summed E-state index contributed by atoms with van der Waals surface area (Å²) in [6.07, 6.45) is 19.3. The van der Waals surface area contributed by atoms with E-state index in [4.69, 9.17) is 5.73 Å². The molecular weight excluding hydrogens is 246 g/mol. The average Bonchev–Trinajstić information content (AvgIpc) is 2.43. The summed E-state index contributed by atoms with van der Waals surface area (Å²) in [5.74, 6) is -0.159. The minimum absolute atomic E-state index is 0.125. The Morgan fingerprint density at radius 2 is 1.35 bits per heavy atom. The van der Waals surface area contributed by atoms with Crippen molar-refractivity contribution in [2.45, 2.75) is 84.0 Å². The zero-order valence-electron chi connectivity index (χ0n) is 13.3. The van der Waals surface area contributed by atoms with Crippen molar-refractivity contribution in [3.05, 3.63) is 24.4 Å². The molecule has 0 radical (unpaired) electrons. The number of carbonyl (C=O) groups excluding carboxylic acids is 1. The van der Waals surface area contributed by atoms with E-state index >= 15 is 0 Å². The number of unbranched alkanes of at least 4 members (excludes halogenated alkanes) is 11. The minimum atomic E-state index is -0.159. The van der Waals surface area contributed by atoms with Crippen LogP contribution in [0.3, 0.4) is 0 Å². The summed E-state index contributed by atoms with van der Waals surface area (Å²) in [6.45, 7) is 5.67. The van der Waals surface area contributed by atoms with E-state index < -0.39 is 0 Å². The lowest BCUT2D eigenvalue weighted by molar-refractivity contribution is -0.111. The number of nitrogens with two attached hydrogens (primary N) is 1. The van der Waals surface area contributed by atoms with Gasteiger partial charge in [-0.05, 0) is 18.9 Å². The van der Waals surface area contributed by atoms with Crippen LogP contribution in [0.25, 0.3) is 0 Å². The van der Waals surface area contributed by atoms with Crippen molar-refractivity contribution in [3.63, 3.8) is 0 Å². The summed E-state index contributed by atoms with van der Waals surface area (Å²) in [6, 6.07) is 0. The molecule has 116 valence electrons. The molecule has 0 bridgehead atoms. The summed E-state index contributed by atoms with van der Waals surface area (Å²) in [7, 11) is 0. The molecule has 0 heterocycles. The summed E-state index contributed by atoms with van der Waals surface area (Å²) in [5, 5.41) is 0. The Hall–Kier alpha value is -1.05. The van der Waals surface area contributed by atoms with Gasteiger partial charge in [-0.25, -0.2) is 0 Å². The SMILES string of the molecule is C=C(N)C(=O)C=CCCCCCCCCCCCCC. The van der Waals surface area contributed by atoms with Crippen molar-refractivity contribution >= 4 is 5.78 Å². The Labute approximate surface area is 125 Å². The largest absolute Gasteiger partial charge is 0.396 e. The molecule has 2 N–H and O–H groups in total. The molecule has 0 amide bonds. The third-order valence-corrected chi connectivity index (χ3v) is 3.56. The molecule has 0 aromatic rings. The Balaban J connectivity index is 3.17. The molecule has 0 aliphatic rings. The molecule has 0 atom stereocenters. The van der Waals surface area contributed by atoms with Gasteiger partial charge in [0, 0.05) is 0 Å². The summed E-state index contributed by atoms with van der Waals surface area (Å²) < 4.78 is 0. The van der Waals surface area contributed by atoms with Crippen LogP contribution in [0.1, 0.15) is 84.0 Å². The lowest BCUT2D eigenvalue weighted by atomic mass is 10.1. The average molecular weight is 279 g/mol. The van der Waals surface area contributed by atoms with E-state index in [1.54, 1.807) is 6.08 Å². The fourth-order valence-electron chi connectivity index (χ4n) is 2.22. The fraction of sp³-hybridized carbons (Fsp3) is 0.722. The number of rotatable bonds is 14. The maximum atomic E-state index is 11.1. The smallest absolute Gasteiger partial charge is 0.200 e. The van der Waals surface area contributed by atoms with Gasteiger partial charge in [0.15, 0.2) is 0 Å². The van der Waals surface area contributed by atoms with E-state index in [0.29, 0.717) is 0 Å². The van der Waals surface area contributed by atoms with Crippen LogP contribution in [0.15, 0.2) is 24.4 Å².